The number of halogens is 3. The summed E-state index contributed by atoms with van der Waals surface area (Å²) in [6, 6.07) is 2.92. The number of alkyl halides is 3. The summed E-state index contributed by atoms with van der Waals surface area (Å²) in [4.78, 5) is 10.8. The normalized spacial score (nSPS) is 11.8. The van der Waals surface area contributed by atoms with Crippen LogP contribution in [0.4, 0.5) is 13.2 Å². The minimum atomic E-state index is -4.64. The van der Waals surface area contributed by atoms with Crippen molar-refractivity contribution in [3.8, 4) is 5.75 Å². The number of phenols is 1. The fourth-order valence-corrected chi connectivity index (χ4v) is 1.12. The van der Waals surface area contributed by atoms with Crippen LogP contribution >= 0.6 is 0 Å². The molecule has 92 valence electrons. The topological polar surface area (TPSA) is 46.5 Å². The molecule has 0 heterocycles. The van der Waals surface area contributed by atoms with E-state index in [2.05, 4.69) is 4.74 Å². The molecule has 17 heavy (non-hydrogen) atoms. The number of carbonyl (C=O) groups excluding carboxylic acids is 1. The number of carbonyl (C=O) groups is 1. The number of hydrogen-bond acceptors (Lipinski definition) is 3. The van der Waals surface area contributed by atoms with Gasteiger partial charge in [0.25, 0.3) is 0 Å². The van der Waals surface area contributed by atoms with Crippen LogP contribution in [0.2, 0.25) is 0 Å². The highest BCUT2D eigenvalue weighted by Gasteiger charge is 2.33. The summed E-state index contributed by atoms with van der Waals surface area (Å²) in [6.07, 6.45) is -2.48. The molecule has 0 unspecified atom stereocenters. The van der Waals surface area contributed by atoms with Crippen LogP contribution in [0.3, 0.4) is 0 Å². The Balaban J connectivity index is 3.05. The van der Waals surface area contributed by atoms with Crippen molar-refractivity contribution in [3.63, 3.8) is 0 Å². The molecule has 0 aliphatic rings. The molecule has 0 aromatic heterocycles. The number of hydrogen-bond donors (Lipinski definition) is 1. The maximum absolute atomic E-state index is 12.4. The Hall–Kier alpha value is -1.98. The van der Waals surface area contributed by atoms with Gasteiger partial charge in [-0.1, -0.05) is 6.07 Å². The predicted octanol–water partition coefficient (Wildman–Crippen LogP) is 2.60. The zero-order chi connectivity index (χ0) is 13.1. The van der Waals surface area contributed by atoms with Crippen molar-refractivity contribution in [2.75, 3.05) is 7.11 Å². The second kappa shape index (κ2) is 4.90. The number of esters is 1. The lowest BCUT2D eigenvalue weighted by Gasteiger charge is -2.09. The van der Waals surface area contributed by atoms with Crippen LogP contribution in [0.25, 0.3) is 6.08 Å². The van der Waals surface area contributed by atoms with Gasteiger partial charge < -0.3 is 9.84 Å². The van der Waals surface area contributed by atoms with Crippen molar-refractivity contribution in [1.82, 2.24) is 0 Å². The molecule has 0 amide bonds. The summed E-state index contributed by atoms with van der Waals surface area (Å²) in [6.45, 7) is 0. The molecule has 1 aromatic carbocycles. The molecule has 0 bridgehead atoms. The molecular formula is C11H9F3O3. The monoisotopic (exact) mass is 246 g/mol. The molecule has 0 radical (unpaired) electrons. The second-order valence-electron chi connectivity index (χ2n) is 3.13. The molecule has 0 saturated carbocycles. The van der Waals surface area contributed by atoms with Crippen LogP contribution in [-0.4, -0.2) is 18.2 Å². The Morgan fingerprint density at radius 1 is 1.41 bits per heavy atom. The lowest BCUT2D eigenvalue weighted by Crippen LogP contribution is -2.05. The van der Waals surface area contributed by atoms with Gasteiger partial charge in [0.05, 0.1) is 12.7 Å². The molecular weight excluding hydrogens is 237 g/mol. The first-order valence-electron chi connectivity index (χ1n) is 4.51. The van der Waals surface area contributed by atoms with Crippen molar-refractivity contribution >= 4 is 12.0 Å². The van der Waals surface area contributed by atoms with E-state index in [4.69, 9.17) is 5.11 Å². The average molecular weight is 246 g/mol. The number of methoxy groups -OCH3 is 1. The fourth-order valence-electron chi connectivity index (χ4n) is 1.12. The minimum absolute atomic E-state index is 0.139. The van der Waals surface area contributed by atoms with E-state index in [-0.39, 0.29) is 5.56 Å². The molecule has 1 N–H and O–H groups in total. The zero-order valence-electron chi connectivity index (χ0n) is 8.78. The highest BCUT2D eigenvalue weighted by atomic mass is 19.4. The van der Waals surface area contributed by atoms with Gasteiger partial charge in [-0.2, -0.15) is 13.2 Å². The maximum Gasteiger partial charge on any atom is 0.419 e. The van der Waals surface area contributed by atoms with Crippen LogP contribution in [0, 0.1) is 0 Å². The third-order valence-electron chi connectivity index (χ3n) is 1.94. The van der Waals surface area contributed by atoms with Crippen LogP contribution in [0.5, 0.6) is 5.75 Å². The van der Waals surface area contributed by atoms with Crippen molar-refractivity contribution < 1.29 is 27.8 Å². The van der Waals surface area contributed by atoms with E-state index >= 15 is 0 Å². The summed E-state index contributed by atoms with van der Waals surface area (Å²) in [7, 11) is 1.16. The van der Waals surface area contributed by atoms with Gasteiger partial charge in [-0.25, -0.2) is 4.79 Å². The van der Waals surface area contributed by atoms with Gasteiger partial charge in [0.15, 0.2) is 0 Å². The van der Waals surface area contributed by atoms with Crippen molar-refractivity contribution in [2.24, 2.45) is 0 Å². The third kappa shape index (κ3) is 3.51. The molecule has 6 heteroatoms. The Bertz CT molecular complexity index is 450. The first-order chi connectivity index (χ1) is 7.84. The van der Waals surface area contributed by atoms with Crippen molar-refractivity contribution in [3.05, 3.63) is 35.4 Å². The minimum Gasteiger partial charge on any atom is -0.507 e. The summed E-state index contributed by atoms with van der Waals surface area (Å²) in [5.41, 5.74) is -1.01. The highest BCUT2D eigenvalue weighted by molar-refractivity contribution is 5.87. The van der Waals surface area contributed by atoms with Crippen LogP contribution in [0.1, 0.15) is 11.1 Å². The summed E-state index contributed by atoms with van der Waals surface area (Å²) < 4.78 is 41.5. The number of benzene rings is 1. The average Bonchev–Trinajstić information content (AvgIpc) is 2.26. The fraction of sp³-hybridized carbons (Fsp3) is 0.182. The first kappa shape index (κ1) is 13.1. The molecule has 0 atom stereocenters. The van der Waals surface area contributed by atoms with E-state index in [1.54, 1.807) is 0 Å². The van der Waals surface area contributed by atoms with Gasteiger partial charge in [0.1, 0.15) is 5.75 Å². The highest BCUT2D eigenvalue weighted by Crippen LogP contribution is 2.36. The van der Waals surface area contributed by atoms with E-state index in [9.17, 15) is 18.0 Å². The summed E-state index contributed by atoms with van der Waals surface area (Å²) in [5, 5.41) is 9.06. The molecule has 0 fully saturated rings. The number of ether oxygens (including phenoxy) is 1. The second-order valence-corrected chi connectivity index (χ2v) is 3.13. The Morgan fingerprint density at radius 3 is 2.59 bits per heavy atom. The van der Waals surface area contributed by atoms with E-state index in [1.807, 2.05) is 0 Å². The number of phenolic OH excluding ortho intramolecular Hbond substituents is 1. The van der Waals surface area contributed by atoms with Gasteiger partial charge >= 0.3 is 12.1 Å². The maximum atomic E-state index is 12.4. The van der Waals surface area contributed by atoms with Crippen LogP contribution in [-0.2, 0) is 15.7 Å². The lowest BCUT2D eigenvalue weighted by atomic mass is 10.1. The zero-order valence-corrected chi connectivity index (χ0v) is 8.78. The smallest absolute Gasteiger partial charge is 0.419 e. The van der Waals surface area contributed by atoms with Crippen LogP contribution in [0.15, 0.2) is 24.3 Å². The van der Waals surface area contributed by atoms with Gasteiger partial charge in [-0.3, -0.25) is 0 Å². The SMILES string of the molecule is COC(=O)C=Cc1ccc(O)c(C(F)(F)F)c1. The largest absolute Gasteiger partial charge is 0.507 e. The molecule has 0 aliphatic carbocycles. The van der Waals surface area contributed by atoms with E-state index in [0.717, 1.165) is 25.3 Å². The predicted molar refractivity (Wildman–Crippen MR) is 54.2 cm³/mol. The summed E-state index contributed by atoms with van der Waals surface area (Å²) in [5.74, 6) is -1.53. The standard InChI is InChI=1S/C11H9F3O3/c1-17-10(16)5-3-7-2-4-9(15)8(6-7)11(12,13)14/h2-6,15H,1H3. The molecule has 0 saturated heterocycles. The van der Waals surface area contributed by atoms with Gasteiger partial charge in [0.2, 0.25) is 0 Å². The quantitative estimate of drug-likeness (QED) is 0.644. The van der Waals surface area contributed by atoms with Gasteiger partial charge in [-0.15, -0.1) is 0 Å². The van der Waals surface area contributed by atoms with E-state index < -0.39 is 23.5 Å². The Morgan fingerprint density at radius 2 is 2.06 bits per heavy atom. The molecule has 0 spiro atoms. The molecule has 1 aromatic rings. The molecule has 3 nitrogen and oxygen atoms in total. The van der Waals surface area contributed by atoms with Gasteiger partial charge in [-0.05, 0) is 23.8 Å². The Labute approximate surface area is 95.1 Å². The summed E-state index contributed by atoms with van der Waals surface area (Å²) >= 11 is 0. The third-order valence-corrected chi connectivity index (χ3v) is 1.94. The van der Waals surface area contributed by atoms with Gasteiger partial charge in [0, 0.05) is 6.08 Å². The Kier molecular flexibility index (Phi) is 3.77. The van der Waals surface area contributed by atoms with Crippen molar-refractivity contribution in [2.45, 2.75) is 6.18 Å². The molecule has 1 rings (SSSR count). The lowest BCUT2D eigenvalue weighted by molar-refractivity contribution is -0.138. The number of aromatic hydroxyl groups is 1. The van der Waals surface area contributed by atoms with E-state index in [0.29, 0.717) is 0 Å². The first-order valence-corrected chi connectivity index (χ1v) is 4.51. The number of rotatable bonds is 2. The van der Waals surface area contributed by atoms with E-state index in [1.165, 1.54) is 12.1 Å². The van der Waals surface area contributed by atoms with Crippen molar-refractivity contribution in [1.29, 1.82) is 0 Å². The molecule has 0 aliphatic heterocycles. The van der Waals surface area contributed by atoms with Crippen LogP contribution < -0.4 is 0 Å².